The molecule has 1 aliphatic carbocycles. The molecule has 4 rings (SSSR count). The largest absolute Gasteiger partial charge is 0.361 e. The molecule has 1 aliphatic rings. The molecule has 126 valence electrons. The molecule has 5 nitrogen and oxygen atoms in total. The summed E-state index contributed by atoms with van der Waals surface area (Å²) in [5, 5.41) is 12.5. The quantitative estimate of drug-likeness (QED) is 0.756. The van der Waals surface area contributed by atoms with Crippen LogP contribution in [-0.2, 0) is 6.42 Å². The Morgan fingerprint density at radius 3 is 2.71 bits per heavy atom. The third kappa shape index (κ3) is 3.08. The van der Waals surface area contributed by atoms with Crippen molar-refractivity contribution in [3.8, 4) is 5.69 Å². The van der Waals surface area contributed by atoms with Crippen molar-refractivity contribution < 1.29 is 0 Å². The van der Waals surface area contributed by atoms with Gasteiger partial charge in [0.1, 0.15) is 12.7 Å². The van der Waals surface area contributed by atoms with Gasteiger partial charge >= 0.3 is 0 Å². The fourth-order valence-corrected chi connectivity index (χ4v) is 3.97. The number of aryl methyl sites for hydroxylation is 1. The maximum atomic E-state index is 3.90. The lowest BCUT2D eigenvalue weighted by molar-refractivity contribution is 0.289. The maximum Gasteiger partial charge on any atom is 0.123 e. The summed E-state index contributed by atoms with van der Waals surface area (Å²) in [6, 6.07) is 7.22. The van der Waals surface area contributed by atoms with Gasteiger partial charge in [-0.05, 0) is 75.3 Å². The second-order valence-corrected chi connectivity index (χ2v) is 6.96. The molecule has 3 aromatic rings. The van der Waals surface area contributed by atoms with E-state index in [1.807, 2.05) is 4.57 Å². The predicted molar refractivity (Wildman–Crippen MR) is 96.3 cm³/mol. The van der Waals surface area contributed by atoms with Gasteiger partial charge in [0.15, 0.2) is 0 Å². The lowest BCUT2D eigenvalue weighted by Gasteiger charge is -2.28. The van der Waals surface area contributed by atoms with Crippen LogP contribution in [0.25, 0.3) is 16.6 Å². The molecular weight excluding hydrogens is 298 g/mol. The van der Waals surface area contributed by atoms with Gasteiger partial charge < -0.3 is 10.3 Å². The molecule has 0 atom stereocenters. The molecule has 1 saturated carbocycles. The van der Waals surface area contributed by atoms with Crippen molar-refractivity contribution in [3.63, 3.8) is 0 Å². The minimum atomic E-state index is 0.737. The van der Waals surface area contributed by atoms with Crippen LogP contribution in [0, 0.1) is 5.92 Å². The average molecular weight is 323 g/mol. The Kier molecular flexibility index (Phi) is 4.34. The van der Waals surface area contributed by atoms with Crippen LogP contribution in [0.2, 0.25) is 0 Å². The Morgan fingerprint density at radius 2 is 1.96 bits per heavy atom. The van der Waals surface area contributed by atoms with E-state index < -0.39 is 0 Å². The summed E-state index contributed by atoms with van der Waals surface area (Å²) in [4.78, 5) is 3.41. The number of nitrogens with zero attached hydrogens (tertiary/aromatic N) is 3. The van der Waals surface area contributed by atoms with Crippen molar-refractivity contribution in [2.24, 2.45) is 5.92 Å². The first kappa shape index (κ1) is 15.4. The van der Waals surface area contributed by atoms with Crippen molar-refractivity contribution in [2.45, 2.75) is 44.6 Å². The van der Waals surface area contributed by atoms with Crippen molar-refractivity contribution in [3.05, 3.63) is 42.6 Å². The monoisotopic (exact) mass is 323 g/mol. The zero-order chi connectivity index (χ0) is 16.4. The molecule has 24 heavy (non-hydrogen) atoms. The Labute approximate surface area is 142 Å². The number of hydrogen-bond donors (Lipinski definition) is 2. The SMILES string of the molecule is CNC1CCC(CCc2c[nH]c3ccc(-n4cnnc4)cc23)CC1. The van der Waals surface area contributed by atoms with E-state index in [1.54, 1.807) is 12.7 Å². The lowest BCUT2D eigenvalue weighted by Crippen LogP contribution is -2.30. The topological polar surface area (TPSA) is 58.5 Å². The highest BCUT2D eigenvalue weighted by Crippen LogP contribution is 2.30. The summed E-state index contributed by atoms with van der Waals surface area (Å²) >= 11 is 0. The van der Waals surface area contributed by atoms with Gasteiger partial charge in [-0.3, -0.25) is 4.57 Å². The summed E-state index contributed by atoms with van der Waals surface area (Å²) in [6.45, 7) is 0. The minimum Gasteiger partial charge on any atom is -0.361 e. The van der Waals surface area contributed by atoms with Crippen LogP contribution in [0.4, 0.5) is 0 Å². The molecule has 0 spiro atoms. The van der Waals surface area contributed by atoms with E-state index in [0.717, 1.165) is 24.1 Å². The number of hydrogen-bond acceptors (Lipinski definition) is 3. The molecule has 5 heteroatoms. The van der Waals surface area contributed by atoms with E-state index in [2.05, 4.69) is 51.9 Å². The summed E-state index contributed by atoms with van der Waals surface area (Å²) < 4.78 is 1.95. The van der Waals surface area contributed by atoms with E-state index in [0.29, 0.717) is 0 Å². The fraction of sp³-hybridized carbons (Fsp3) is 0.474. The maximum absolute atomic E-state index is 3.90. The molecule has 0 bridgehead atoms. The Morgan fingerprint density at radius 1 is 1.17 bits per heavy atom. The second kappa shape index (κ2) is 6.77. The van der Waals surface area contributed by atoms with E-state index >= 15 is 0 Å². The molecule has 0 radical (unpaired) electrons. The number of H-pyrrole nitrogens is 1. The smallest absolute Gasteiger partial charge is 0.123 e. The van der Waals surface area contributed by atoms with Gasteiger partial charge in [-0.2, -0.15) is 0 Å². The van der Waals surface area contributed by atoms with Gasteiger partial charge in [0.25, 0.3) is 0 Å². The van der Waals surface area contributed by atoms with E-state index in [4.69, 9.17) is 0 Å². The molecule has 0 unspecified atom stereocenters. The molecule has 0 saturated heterocycles. The zero-order valence-corrected chi connectivity index (χ0v) is 14.2. The van der Waals surface area contributed by atoms with Gasteiger partial charge in [-0.25, -0.2) is 0 Å². The molecule has 0 amide bonds. The Balaban J connectivity index is 1.47. The number of aromatic amines is 1. The number of nitrogens with one attached hydrogen (secondary N) is 2. The van der Waals surface area contributed by atoms with Crippen molar-refractivity contribution in [2.75, 3.05) is 7.05 Å². The highest BCUT2D eigenvalue weighted by Gasteiger charge is 2.20. The number of fused-ring (bicyclic) bond motifs is 1. The molecule has 2 aromatic heterocycles. The van der Waals surface area contributed by atoms with Crippen LogP contribution in [0.15, 0.2) is 37.1 Å². The highest BCUT2D eigenvalue weighted by molar-refractivity contribution is 5.85. The molecule has 2 heterocycles. The van der Waals surface area contributed by atoms with Crippen LogP contribution in [0.5, 0.6) is 0 Å². The average Bonchev–Trinajstić information content (AvgIpc) is 3.30. The fourth-order valence-electron chi connectivity index (χ4n) is 3.97. The Bertz CT molecular complexity index is 781. The molecule has 1 fully saturated rings. The first-order chi connectivity index (χ1) is 11.8. The number of aromatic nitrogens is 4. The normalized spacial score (nSPS) is 21.4. The predicted octanol–water partition coefficient (Wildman–Crippen LogP) is 3.46. The van der Waals surface area contributed by atoms with Gasteiger partial charge in [0, 0.05) is 28.8 Å². The minimum absolute atomic E-state index is 0.737. The first-order valence-corrected chi connectivity index (χ1v) is 8.96. The van der Waals surface area contributed by atoms with E-state index in [9.17, 15) is 0 Å². The zero-order valence-electron chi connectivity index (χ0n) is 14.2. The van der Waals surface area contributed by atoms with Crippen LogP contribution < -0.4 is 5.32 Å². The standard InChI is InChI=1S/C19H25N5/c1-20-16-6-3-14(4-7-16)2-5-15-11-21-19-9-8-17(10-18(15)19)24-12-22-23-13-24/h8-14,16,20-21H,2-7H2,1H3. The number of rotatable bonds is 5. The first-order valence-electron chi connectivity index (χ1n) is 8.96. The molecule has 1 aromatic carbocycles. The van der Waals surface area contributed by atoms with Gasteiger partial charge in [0.05, 0.1) is 0 Å². The van der Waals surface area contributed by atoms with E-state index in [1.165, 1.54) is 48.6 Å². The lowest BCUT2D eigenvalue weighted by atomic mass is 9.83. The van der Waals surface area contributed by atoms with Crippen LogP contribution in [0.1, 0.15) is 37.7 Å². The van der Waals surface area contributed by atoms with E-state index in [-0.39, 0.29) is 0 Å². The van der Waals surface area contributed by atoms with Gasteiger partial charge in [0.2, 0.25) is 0 Å². The number of benzene rings is 1. The summed E-state index contributed by atoms with van der Waals surface area (Å²) in [6.07, 6.45) is 13.5. The van der Waals surface area contributed by atoms with Crippen LogP contribution in [-0.4, -0.2) is 32.8 Å². The highest BCUT2D eigenvalue weighted by atomic mass is 15.2. The van der Waals surface area contributed by atoms with Crippen molar-refractivity contribution in [1.29, 1.82) is 0 Å². The summed E-state index contributed by atoms with van der Waals surface area (Å²) in [7, 11) is 2.09. The third-order valence-electron chi connectivity index (χ3n) is 5.54. The molecular formula is C19H25N5. The van der Waals surface area contributed by atoms with Gasteiger partial charge in [-0.15, -0.1) is 10.2 Å². The van der Waals surface area contributed by atoms with Crippen molar-refractivity contribution in [1.82, 2.24) is 25.1 Å². The molecule has 0 aliphatic heterocycles. The molecule has 2 N–H and O–H groups in total. The van der Waals surface area contributed by atoms with Gasteiger partial charge in [-0.1, -0.05) is 0 Å². The summed E-state index contributed by atoms with van der Waals surface area (Å²) in [5.41, 5.74) is 3.75. The van der Waals surface area contributed by atoms with Crippen LogP contribution in [0.3, 0.4) is 0 Å². The Hall–Kier alpha value is -2.14. The third-order valence-corrected chi connectivity index (χ3v) is 5.54. The second-order valence-electron chi connectivity index (χ2n) is 6.96. The van der Waals surface area contributed by atoms with Crippen molar-refractivity contribution >= 4 is 10.9 Å². The summed E-state index contributed by atoms with van der Waals surface area (Å²) in [5.74, 6) is 0.876. The van der Waals surface area contributed by atoms with Crippen LogP contribution >= 0.6 is 0 Å².